The van der Waals surface area contributed by atoms with Gasteiger partial charge in [-0.25, -0.2) is 4.79 Å². The number of ketones is 1. The highest BCUT2D eigenvalue weighted by Crippen LogP contribution is 2.64. The lowest BCUT2D eigenvalue weighted by atomic mass is 9.70. The molecule has 39 heavy (non-hydrogen) atoms. The molecule has 1 aliphatic heterocycles. The van der Waals surface area contributed by atoms with E-state index in [1.54, 1.807) is 0 Å². The number of hydrogen-bond donors (Lipinski definition) is 2. The number of likely N-dealkylation sites (N-methyl/N-ethyl adjacent to an activating group) is 1. The van der Waals surface area contributed by atoms with Crippen molar-refractivity contribution in [3.05, 3.63) is 35.9 Å². The Balaban J connectivity index is 0.000000202. The minimum Gasteiger partial charge on any atom is -0.445 e. The SMILES string of the molecule is CC1(C)[C@@H]2CC[C@@]1(CS(=O)(=O)O)C(=O)C2.CN1CCN([C@@H]2CCC[C@H](NC(=O)OCc3ccccc3)C2)CC1. The van der Waals surface area contributed by atoms with Gasteiger partial charge in [-0.05, 0) is 62.5 Å². The topological polar surface area (TPSA) is 116 Å². The fourth-order valence-electron chi connectivity index (χ4n) is 7.16. The fourth-order valence-corrected chi connectivity index (χ4v) is 8.46. The van der Waals surface area contributed by atoms with Crippen LogP contribution in [0.2, 0.25) is 0 Å². The number of carbonyl (C=O) groups is 2. The van der Waals surface area contributed by atoms with Crippen molar-refractivity contribution in [3.8, 4) is 0 Å². The second kappa shape index (κ2) is 12.2. The van der Waals surface area contributed by atoms with E-state index in [2.05, 4.69) is 22.2 Å². The predicted molar refractivity (Wildman–Crippen MR) is 150 cm³/mol. The Kier molecular flexibility index (Phi) is 9.41. The monoisotopic (exact) mass is 563 g/mol. The molecular weight excluding hydrogens is 518 g/mol. The second-order valence-corrected chi connectivity index (χ2v) is 13.9. The van der Waals surface area contributed by atoms with Gasteiger partial charge in [-0.15, -0.1) is 0 Å². The van der Waals surface area contributed by atoms with Crippen LogP contribution in [0, 0.1) is 16.7 Å². The number of ether oxygens (including phenoxy) is 1. The van der Waals surface area contributed by atoms with Crippen molar-refractivity contribution < 1.29 is 27.3 Å². The maximum Gasteiger partial charge on any atom is 0.407 e. The fraction of sp³-hybridized carbons (Fsp3) is 0.724. The molecule has 0 spiro atoms. The zero-order chi connectivity index (χ0) is 28.3. The summed E-state index contributed by atoms with van der Waals surface area (Å²) in [4.78, 5) is 28.9. The molecule has 2 N–H and O–H groups in total. The molecule has 1 amide bonds. The van der Waals surface area contributed by atoms with Crippen molar-refractivity contribution in [1.82, 2.24) is 15.1 Å². The summed E-state index contributed by atoms with van der Waals surface area (Å²) in [6.07, 6.45) is 6.22. The van der Waals surface area contributed by atoms with Crippen LogP contribution in [0.3, 0.4) is 0 Å². The van der Waals surface area contributed by atoms with Crippen LogP contribution in [-0.4, -0.2) is 85.7 Å². The summed E-state index contributed by atoms with van der Waals surface area (Å²) in [7, 11) is -1.89. The maximum atomic E-state index is 12.1. The van der Waals surface area contributed by atoms with Crippen LogP contribution >= 0.6 is 0 Å². The molecule has 1 saturated heterocycles. The van der Waals surface area contributed by atoms with E-state index in [-0.39, 0.29) is 29.3 Å². The minimum absolute atomic E-state index is 0.0152. The number of Topliss-reactive ketones (excluding diaryl/α,β-unsaturated/α-hetero) is 1. The first-order chi connectivity index (χ1) is 18.4. The van der Waals surface area contributed by atoms with Gasteiger partial charge in [-0.1, -0.05) is 44.2 Å². The highest BCUT2D eigenvalue weighted by atomic mass is 32.2. The molecule has 2 bridgehead atoms. The van der Waals surface area contributed by atoms with Crippen LogP contribution in [0.5, 0.6) is 0 Å². The van der Waals surface area contributed by atoms with E-state index in [4.69, 9.17) is 9.29 Å². The van der Waals surface area contributed by atoms with E-state index in [1.165, 1.54) is 12.8 Å². The summed E-state index contributed by atoms with van der Waals surface area (Å²) in [6.45, 7) is 8.81. The average Bonchev–Trinajstić information content (AvgIpc) is 3.22. The highest BCUT2D eigenvalue weighted by Gasteiger charge is 2.65. The number of amides is 1. The number of hydrogen-bond acceptors (Lipinski definition) is 7. The average molecular weight is 564 g/mol. The molecule has 218 valence electrons. The molecule has 9 nitrogen and oxygen atoms in total. The van der Waals surface area contributed by atoms with E-state index in [9.17, 15) is 18.0 Å². The largest absolute Gasteiger partial charge is 0.445 e. The molecule has 1 aromatic carbocycles. The number of carbonyl (C=O) groups excluding carboxylic acids is 2. The van der Waals surface area contributed by atoms with Gasteiger partial charge < -0.3 is 15.0 Å². The Morgan fingerprint density at radius 3 is 2.38 bits per heavy atom. The molecule has 0 unspecified atom stereocenters. The molecule has 1 heterocycles. The first-order valence-electron chi connectivity index (χ1n) is 14.3. The molecule has 4 fully saturated rings. The number of benzene rings is 1. The van der Waals surface area contributed by atoms with Crippen LogP contribution in [0.25, 0.3) is 0 Å². The number of fused-ring (bicyclic) bond motifs is 2. The first kappa shape index (κ1) is 30.0. The lowest BCUT2D eigenvalue weighted by Crippen LogP contribution is -2.52. The molecule has 1 aromatic rings. The number of nitrogens with zero attached hydrogens (tertiary/aromatic N) is 2. The van der Waals surface area contributed by atoms with Crippen molar-refractivity contribution in [2.75, 3.05) is 39.0 Å². The van der Waals surface area contributed by atoms with Crippen LogP contribution in [0.15, 0.2) is 30.3 Å². The Morgan fingerprint density at radius 2 is 1.79 bits per heavy atom. The van der Waals surface area contributed by atoms with E-state index < -0.39 is 21.3 Å². The molecule has 0 aromatic heterocycles. The quantitative estimate of drug-likeness (QED) is 0.503. The van der Waals surface area contributed by atoms with Gasteiger partial charge in [-0.2, -0.15) is 8.42 Å². The molecule has 10 heteroatoms. The van der Waals surface area contributed by atoms with Gasteiger partial charge in [0.15, 0.2) is 0 Å². The third kappa shape index (κ3) is 7.20. The standard InChI is InChI=1S/C19H29N3O2.C10H16O4S/c1-21-10-12-22(13-11-21)18-9-5-8-17(14-18)20-19(23)24-15-16-6-3-2-4-7-16;1-9(2)7-3-4-10(9,8(11)5-7)6-15(12,13)14/h2-4,6-7,17-18H,5,8-15H2,1H3,(H,20,23);7H,3-6H2,1-2H3,(H,12,13,14)/t17-,18+;7-,10-/m01/s1. The van der Waals surface area contributed by atoms with Gasteiger partial charge in [0.1, 0.15) is 12.4 Å². The molecule has 4 atom stereocenters. The molecule has 3 saturated carbocycles. The smallest absolute Gasteiger partial charge is 0.407 e. The van der Waals surface area contributed by atoms with Gasteiger partial charge in [0, 0.05) is 44.7 Å². The van der Waals surface area contributed by atoms with Crippen molar-refractivity contribution >= 4 is 22.0 Å². The van der Waals surface area contributed by atoms with Crippen LogP contribution < -0.4 is 5.32 Å². The normalized spacial score (nSPS) is 30.9. The molecule has 4 aliphatic rings. The molecular formula is C29H45N3O6S. The van der Waals surface area contributed by atoms with E-state index in [1.807, 2.05) is 44.2 Å². The molecule has 3 aliphatic carbocycles. The summed E-state index contributed by atoms with van der Waals surface area (Å²) in [5, 5.41) is 3.07. The zero-order valence-electron chi connectivity index (χ0n) is 23.6. The maximum absolute atomic E-state index is 12.1. The summed E-state index contributed by atoms with van der Waals surface area (Å²) >= 11 is 0. The zero-order valence-corrected chi connectivity index (χ0v) is 24.4. The summed E-state index contributed by atoms with van der Waals surface area (Å²) in [6, 6.07) is 10.7. The number of piperazine rings is 1. The summed E-state index contributed by atoms with van der Waals surface area (Å²) < 4.78 is 36.3. The highest BCUT2D eigenvalue weighted by molar-refractivity contribution is 7.85. The van der Waals surface area contributed by atoms with Gasteiger partial charge >= 0.3 is 6.09 Å². The van der Waals surface area contributed by atoms with E-state index in [0.29, 0.717) is 25.5 Å². The van der Waals surface area contributed by atoms with Crippen LogP contribution in [-0.2, 0) is 26.3 Å². The van der Waals surface area contributed by atoms with Gasteiger partial charge in [0.2, 0.25) is 0 Å². The summed E-state index contributed by atoms with van der Waals surface area (Å²) in [5.74, 6) is -0.101. The van der Waals surface area contributed by atoms with Gasteiger partial charge in [0.05, 0.1) is 11.2 Å². The van der Waals surface area contributed by atoms with Crippen molar-refractivity contribution in [2.45, 2.75) is 77.5 Å². The van der Waals surface area contributed by atoms with E-state index >= 15 is 0 Å². The number of rotatable bonds is 6. The van der Waals surface area contributed by atoms with Gasteiger partial charge in [0.25, 0.3) is 10.1 Å². The number of nitrogens with one attached hydrogen (secondary N) is 1. The number of alkyl carbamates (subject to hydrolysis) is 1. The van der Waals surface area contributed by atoms with Crippen LogP contribution in [0.1, 0.15) is 64.4 Å². The molecule has 0 radical (unpaired) electrons. The van der Waals surface area contributed by atoms with Crippen LogP contribution in [0.4, 0.5) is 4.79 Å². The predicted octanol–water partition coefficient (Wildman–Crippen LogP) is 3.74. The van der Waals surface area contributed by atoms with Gasteiger partial charge in [-0.3, -0.25) is 14.2 Å². The lowest BCUT2D eigenvalue weighted by molar-refractivity contribution is -0.128. The Labute approximate surface area is 233 Å². The minimum atomic E-state index is -4.08. The lowest BCUT2D eigenvalue weighted by Gasteiger charge is -2.41. The molecule has 5 rings (SSSR count). The van der Waals surface area contributed by atoms with Crippen molar-refractivity contribution in [2.24, 2.45) is 16.7 Å². The Bertz CT molecular complexity index is 1100. The van der Waals surface area contributed by atoms with Crippen molar-refractivity contribution in [1.29, 1.82) is 0 Å². The van der Waals surface area contributed by atoms with Crippen molar-refractivity contribution in [3.63, 3.8) is 0 Å². The summed E-state index contributed by atoms with van der Waals surface area (Å²) in [5.41, 5.74) is -0.0999. The first-order valence-corrected chi connectivity index (χ1v) is 15.9. The van der Waals surface area contributed by atoms with E-state index in [0.717, 1.165) is 51.0 Å². The third-order valence-corrected chi connectivity index (χ3v) is 10.7. The Hall–Kier alpha value is -2.01. The third-order valence-electron chi connectivity index (χ3n) is 9.80. The second-order valence-electron chi connectivity index (χ2n) is 12.5. The Morgan fingerprint density at radius 1 is 1.10 bits per heavy atom.